The van der Waals surface area contributed by atoms with Crippen LogP contribution in [0.5, 0.6) is 0 Å². The third-order valence-electron chi connectivity index (χ3n) is 8.56. The Kier molecular flexibility index (Phi) is 4.30. The molecule has 42 heavy (non-hydrogen) atoms. The minimum Gasteiger partial charge on any atom is -0.456 e. The highest BCUT2D eigenvalue weighted by Crippen LogP contribution is 2.42. The molecule has 10 rings (SSSR count). The SMILES string of the molecule is c1ccc(-n2c3ccccc3c3cc4c(cc32)c2ccccc2n4-c2nc3c(ccc4oc5ccccc5c43)s2)cc1. The van der Waals surface area contributed by atoms with E-state index in [1.807, 2.05) is 12.1 Å². The molecule has 5 heteroatoms. The molecule has 0 aliphatic carbocycles. The van der Waals surface area contributed by atoms with Gasteiger partial charge in [-0.15, -0.1) is 0 Å². The van der Waals surface area contributed by atoms with Gasteiger partial charge in [0.05, 0.1) is 37.7 Å². The molecule has 0 amide bonds. The van der Waals surface area contributed by atoms with Crippen LogP contribution in [0.3, 0.4) is 0 Å². The number of hydrogen-bond acceptors (Lipinski definition) is 3. The van der Waals surface area contributed by atoms with Crippen LogP contribution in [0.15, 0.2) is 132 Å². The maximum absolute atomic E-state index is 6.18. The first-order valence-corrected chi connectivity index (χ1v) is 14.9. The van der Waals surface area contributed by atoms with Gasteiger partial charge in [0.1, 0.15) is 11.2 Å². The third kappa shape index (κ3) is 2.88. The number of fused-ring (bicyclic) bond motifs is 11. The zero-order valence-corrected chi connectivity index (χ0v) is 23.1. The fraction of sp³-hybridized carbons (Fsp3) is 0. The molecule has 6 aromatic carbocycles. The van der Waals surface area contributed by atoms with Gasteiger partial charge < -0.3 is 8.98 Å². The number of benzene rings is 6. The van der Waals surface area contributed by atoms with Crippen LogP contribution in [0.4, 0.5) is 0 Å². The van der Waals surface area contributed by atoms with Crippen molar-refractivity contribution < 1.29 is 4.42 Å². The summed E-state index contributed by atoms with van der Waals surface area (Å²) in [4.78, 5) is 5.32. The number of thiazole rings is 1. The summed E-state index contributed by atoms with van der Waals surface area (Å²) in [6.07, 6.45) is 0. The molecule has 0 unspecified atom stereocenters. The van der Waals surface area contributed by atoms with Crippen LogP contribution >= 0.6 is 11.3 Å². The molecular formula is C37H21N3OS. The van der Waals surface area contributed by atoms with Gasteiger partial charge in [0.25, 0.3) is 0 Å². The van der Waals surface area contributed by atoms with Crippen LogP contribution in [0, 0.1) is 0 Å². The molecule has 0 fully saturated rings. The van der Waals surface area contributed by atoms with Crippen LogP contribution in [-0.4, -0.2) is 14.1 Å². The number of hydrogen-bond donors (Lipinski definition) is 0. The maximum Gasteiger partial charge on any atom is 0.195 e. The minimum absolute atomic E-state index is 0.873. The van der Waals surface area contributed by atoms with E-state index in [1.165, 1.54) is 32.6 Å². The molecule has 0 saturated heterocycles. The lowest BCUT2D eigenvalue weighted by molar-refractivity contribution is 0.669. The Hall–Kier alpha value is -5.39. The lowest BCUT2D eigenvalue weighted by Crippen LogP contribution is -1.94. The van der Waals surface area contributed by atoms with E-state index in [0.29, 0.717) is 0 Å². The topological polar surface area (TPSA) is 35.9 Å². The van der Waals surface area contributed by atoms with Gasteiger partial charge in [-0.1, -0.05) is 84.1 Å². The largest absolute Gasteiger partial charge is 0.456 e. The van der Waals surface area contributed by atoms with Crippen LogP contribution in [0.25, 0.3) is 86.6 Å². The second kappa shape index (κ2) is 8.09. The Labute approximate surface area is 243 Å². The van der Waals surface area contributed by atoms with Crippen LogP contribution in [0.2, 0.25) is 0 Å². The Balaban J connectivity index is 1.34. The van der Waals surface area contributed by atoms with Crippen LogP contribution in [0.1, 0.15) is 0 Å². The summed E-state index contributed by atoms with van der Waals surface area (Å²) in [5.41, 5.74) is 8.64. The highest BCUT2D eigenvalue weighted by molar-refractivity contribution is 7.21. The Morgan fingerprint density at radius 1 is 0.500 bits per heavy atom. The highest BCUT2D eigenvalue weighted by Gasteiger charge is 2.21. The Morgan fingerprint density at radius 3 is 1.88 bits per heavy atom. The zero-order chi connectivity index (χ0) is 27.4. The quantitative estimate of drug-likeness (QED) is 0.213. The second-order valence-electron chi connectivity index (χ2n) is 10.8. The summed E-state index contributed by atoms with van der Waals surface area (Å²) in [5.74, 6) is 0. The first-order valence-electron chi connectivity index (χ1n) is 14.1. The monoisotopic (exact) mass is 555 g/mol. The second-order valence-corrected chi connectivity index (χ2v) is 11.8. The van der Waals surface area contributed by atoms with Crippen molar-refractivity contribution in [3.63, 3.8) is 0 Å². The number of aromatic nitrogens is 3. The molecule has 0 radical (unpaired) electrons. The predicted octanol–water partition coefficient (Wildman–Crippen LogP) is 10.4. The Morgan fingerprint density at radius 2 is 1.12 bits per heavy atom. The van der Waals surface area contributed by atoms with E-state index < -0.39 is 0 Å². The summed E-state index contributed by atoms with van der Waals surface area (Å²) in [6.45, 7) is 0. The first kappa shape index (κ1) is 22.3. The van der Waals surface area contributed by atoms with E-state index in [9.17, 15) is 0 Å². The first-order chi connectivity index (χ1) is 20.8. The van der Waals surface area contributed by atoms with Gasteiger partial charge >= 0.3 is 0 Å². The molecule has 0 atom stereocenters. The van der Waals surface area contributed by atoms with Crippen molar-refractivity contribution in [2.45, 2.75) is 0 Å². The molecule has 0 N–H and O–H groups in total. The van der Waals surface area contributed by atoms with E-state index in [2.05, 4.69) is 124 Å². The van der Waals surface area contributed by atoms with Crippen LogP contribution in [-0.2, 0) is 0 Å². The molecule has 10 aromatic rings. The van der Waals surface area contributed by atoms with Crippen molar-refractivity contribution in [1.29, 1.82) is 0 Å². The van der Waals surface area contributed by atoms with E-state index in [0.717, 1.165) is 54.0 Å². The van der Waals surface area contributed by atoms with Crippen molar-refractivity contribution >= 4 is 87.1 Å². The fourth-order valence-electron chi connectivity index (χ4n) is 6.78. The fourth-order valence-corrected chi connectivity index (χ4v) is 7.78. The number of furan rings is 1. The summed E-state index contributed by atoms with van der Waals surface area (Å²) < 4.78 is 12.1. The molecule has 4 aromatic heterocycles. The van der Waals surface area contributed by atoms with Crippen molar-refractivity contribution in [2.24, 2.45) is 0 Å². The van der Waals surface area contributed by atoms with Gasteiger partial charge in [0.2, 0.25) is 0 Å². The molecule has 4 nitrogen and oxygen atoms in total. The molecule has 0 bridgehead atoms. The molecular weight excluding hydrogens is 534 g/mol. The van der Waals surface area contributed by atoms with E-state index in [1.54, 1.807) is 11.3 Å². The summed E-state index contributed by atoms with van der Waals surface area (Å²) >= 11 is 1.73. The average molecular weight is 556 g/mol. The third-order valence-corrected chi connectivity index (χ3v) is 9.57. The summed E-state index contributed by atoms with van der Waals surface area (Å²) in [7, 11) is 0. The summed E-state index contributed by atoms with van der Waals surface area (Å²) in [5, 5.41) is 8.06. The number of nitrogens with zero attached hydrogens (tertiary/aromatic N) is 3. The van der Waals surface area contributed by atoms with Crippen LogP contribution < -0.4 is 0 Å². The van der Waals surface area contributed by atoms with Gasteiger partial charge in [0, 0.05) is 32.6 Å². The Bertz CT molecular complexity index is 2690. The van der Waals surface area contributed by atoms with E-state index >= 15 is 0 Å². The summed E-state index contributed by atoms with van der Waals surface area (Å²) in [6, 6.07) is 45.2. The number of rotatable bonds is 2. The number of para-hydroxylation sites is 4. The molecule has 0 aliphatic heterocycles. The standard InChI is InChI=1S/C37H21N3OS/c1-2-10-22(11-3-1)39-28-15-7-4-12-23(28)26-21-31-27(20-30(26)39)24-13-5-8-16-29(24)40(31)37-38-36-34(42-37)19-18-33-35(36)25-14-6-9-17-32(25)41-33/h1-21H. The highest BCUT2D eigenvalue weighted by atomic mass is 32.1. The molecule has 196 valence electrons. The lowest BCUT2D eigenvalue weighted by Gasteiger charge is -2.08. The van der Waals surface area contributed by atoms with Gasteiger partial charge in [-0.05, 0) is 54.6 Å². The zero-order valence-electron chi connectivity index (χ0n) is 22.3. The van der Waals surface area contributed by atoms with Crippen molar-refractivity contribution in [3.8, 4) is 10.8 Å². The minimum atomic E-state index is 0.873. The lowest BCUT2D eigenvalue weighted by atomic mass is 10.1. The van der Waals surface area contributed by atoms with Crippen molar-refractivity contribution in [2.75, 3.05) is 0 Å². The molecule has 4 heterocycles. The average Bonchev–Trinajstić information content (AvgIpc) is 3.79. The van der Waals surface area contributed by atoms with Crippen molar-refractivity contribution in [1.82, 2.24) is 14.1 Å². The molecule has 0 spiro atoms. The van der Waals surface area contributed by atoms with Gasteiger partial charge in [-0.25, -0.2) is 4.98 Å². The van der Waals surface area contributed by atoms with Gasteiger partial charge in [-0.3, -0.25) is 4.57 Å². The van der Waals surface area contributed by atoms with E-state index in [4.69, 9.17) is 9.40 Å². The predicted molar refractivity (Wildman–Crippen MR) is 176 cm³/mol. The molecule has 0 aliphatic rings. The smallest absolute Gasteiger partial charge is 0.195 e. The van der Waals surface area contributed by atoms with Gasteiger partial charge in [-0.2, -0.15) is 0 Å². The van der Waals surface area contributed by atoms with Gasteiger partial charge in [0.15, 0.2) is 5.13 Å². The maximum atomic E-state index is 6.18. The van der Waals surface area contributed by atoms with E-state index in [-0.39, 0.29) is 0 Å². The van der Waals surface area contributed by atoms with Crippen molar-refractivity contribution in [3.05, 3.63) is 127 Å². The molecule has 0 saturated carbocycles. The normalized spacial score (nSPS) is 12.3.